The van der Waals surface area contributed by atoms with Crippen molar-refractivity contribution in [3.63, 3.8) is 0 Å². The normalized spacial score (nSPS) is 12.1. The highest BCUT2D eigenvalue weighted by atomic mass is 35.5. The number of alkyl halides is 3. The Morgan fingerprint density at radius 3 is 2.50 bits per heavy atom. The molecule has 0 aliphatic carbocycles. The fourth-order valence-corrected chi connectivity index (χ4v) is 1.74. The van der Waals surface area contributed by atoms with E-state index in [-0.39, 0.29) is 16.1 Å². The zero-order chi connectivity index (χ0) is 11.9. The first kappa shape index (κ1) is 11.2. The molecule has 0 saturated carbocycles. The Kier molecular flexibility index (Phi) is 2.54. The summed E-state index contributed by atoms with van der Waals surface area (Å²) in [5.41, 5.74) is 0.0982. The van der Waals surface area contributed by atoms with E-state index in [2.05, 4.69) is 4.98 Å². The lowest BCUT2D eigenvalue weighted by atomic mass is 10.0. The molecule has 0 spiro atoms. The summed E-state index contributed by atoms with van der Waals surface area (Å²) in [5, 5.41) is 0.258. The number of rotatable bonds is 0. The molecule has 1 aromatic heterocycles. The molecule has 1 nitrogen and oxygen atoms in total. The van der Waals surface area contributed by atoms with Gasteiger partial charge in [-0.05, 0) is 36.8 Å². The summed E-state index contributed by atoms with van der Waals surface area (Å²) >= 11 is 5.65. The van der Waals surface area contributed by atoms with Crippen LogP contribution in [0.4, 0.5) is 13.2 Å². The molecule has 1 aromatic carbocycles. The molecule has 2 aromatic rings. The van der Waals surface area contributed by atoms with E-state index in [9.17, 15) is 13.2 Å². The molecule has 84 valence electrons. The molecule has 5 heteroatoms. The van der Waals surface area contributed by atoms with E-state index in [1.165, 1.54) is 12.1 Å². The zero-order valence-electron chi connectivity index (χ0n) is 8.27. The number of pyridine rings is 1. The van der Waals surface area contributed by atoms with E-state index in [4.69, 9.17) is 11.6 Å². The highest BCUT2D eigenvalue weighted by molar-refractivity contribution is 6.29. The molecule has 0 bridgehead atoms. The molecule has 0 atom stereocenters. The van der Waals surface area contributed by atoms with Gasteiger partial charge in [-0.25, -0.2) is 4.98 Å². The molecule has 0 N–H and O–H groups in total. The van der Waals surface area contributed by atoms with Crippen LogP contribution in [-0.4, -0.2) is 4.98 Å². The quantitative estimate of drug-likeness (QED) is 0.634. The third kappa shape index (κ3) is 1.97. The highest BCUT2D eigenvalue weighted by Gasteiger charge is 2.32. The van der Waals surface area contributed by atoms with Crippen LogP contribution in [0.3, 0.4) is 0 Å². The van der Waals surface area contributed by atoms with E-state index < -0.39 is 11.7 Å². The molecule has 0 aliphatic heterocycles. The number of aryl methyl sites for hydroxylation is 1. The molecule has 0 unspecified atom stereocenters. The van der Waals surface area contributed by atoms with Crippen molar-refractivity contribution in [2.24, 2.45) is 0 Å². The van der Waals surface area contributed by atoms with Crippen LogP contribution >= 0.6 is 11.6 Å². The first-order chi connectivity index (χ1) is 7.38. The number of hydrogen-bond donors (Lipinski definition) is 0. The molecule has 0 saturated heterocycles. The summed E-state index contributed by atoms with van der Waals surface area (Å²) in [6, 6.07) is 5.38. The zero-order valence-corrected chi connectivity index (χ0v) is 9.02. The Morgan fingerprint density at radius 2 is 1.88 bits per heavy atom. The highest BCUT2D eigenvalue weighted by Crippen LogP contribution is 2.35. The van der Waals surface area contributed by atoms with Gasteiger partial charge in [0.25, 0.3) is 0 Å². The van der Waals surface area contributed by atoms with Crippen LogP contribution in [0.1, 0.15) is 11.1 Å². The number of fused-ring (bicyclic) bond motifs is 1. The van der Waals surface area contributed by atoms with Gasteiger partial charge in [0.1, 0.15) is 5.15 Å². The number of benzene rings is 1. The SMILES string of the molecule is Cc1cc(C(F)(F)F)c2ccc(Cl)nc2c1. The Morgan fingerprint density at radius 1 is 1.19 bits per heavy atom. The Hall–Kier alpha value is -1.29. The van der Waals surface area contributed by atoms with Crippen molar-refractivity contribution in [2.45, 2.75) is 13.1 Å². The number of halogens is 4. The third-order valence-electron chi connectivity index (χ3n) is 2.22. The molecule has 16 heavy (non-hydrogen) atoms. The second-order valence-corrected chi connectivity index (χ2v) is 3.90. The smallest absolute Gasteiger partial charge is 0.236 e. The van der Waals surface area contributed by atoms with E-state index in [1.807, 2.05) is 0 Å². The predicted molar refractivity (Wildman–Crippen MR) is 56.5 cm³/mol. The number of aromatic nitrogens is 1. The summed E-state index contributed by atoms with van der Waals surface area (Å²) in [4.78, 5) is 3.88. The van der Waals surface area contributed by atoms with Crippen LogP contribution in [-0.2, 0) is 6.18 Å². The van der Waals surface area contributed by atoms with Gasteiger partial charge >= 0.3 is 6.18 Å². The lowest BCUT2D eigenvalue weighted by Crippen LogP contribution is -2.06. The second-order valence-electron chi connectivity index (χ2n) is 3.51. The average Bonchev–Trinajstić information content (AvgIpc) is 2.14. The number of hydrogen-bond acceptors (Lipinski definition) is 1. The van der Waals surface area contributed by atoms with E-state index >= 15 is 0 Å². The first-order valence-electron chi connectivity index (χ1n) is 4.52. The Labute approximate surface area is 94.9 Å². The Balaban J connectivity index is 2.83. The van der Waals surface area contributed by atoms with Gasteiger partial charge in [-0.2, -0.15) is 13.2 Å². The van der Waals surface area contributed by atoms with Crippen molar-refractivity contribution >= 4 is 22.5 Å². The molecular formula is C11H7ClF3N. The van der Waals surface area contributed by atoms with Crippen LogP contribution < -0.4 is 0 Å². The predicted octanol–water partition coefficient (Wildman–Crippen LogP) is 4.22. The van der Waals surface area contributed by atoms with Gasteiger partial charge in [-0.1, -0.05) is 11.6 Å². The van der Waals surface area contributed by atoms with E-state index in [1.54, 1.807) is 13.0 Å². The standard InChI is InChI=1S/C11H7ClF3N/c1-6-4-8(11(13,14)15)7-2-3-10(12)16-9(7)5-6/h2-5H,1H3. The van der Waals surface area contributed by atoms with Crippen molar-refractivity contribution in [3.8, 4) is 0 Å². The molecule has 0 fully saturated rings. The third-order valence-corrected chi connectivity index (χ3v) is 2.43. The van der Waals surface area contributed by atoms with Gasteiger partial charge in [-0.15, -0.1) is 0 Å². The van der Waals surface area contributed by atoms with Crippen LogP contribution in [0.2, 0.25) is 5.15 Å². The molecule has 1 heterocycles. The van der Waals surface area contributed by atoms with Gasteiger partial charge < -0.3 is 0 Å². The van der Waals surface area contributed by atoms with Crippen LogP contribution in [0.25, 0.3) is 10.9 Å². The number of nitrogens with zero attached hydrogens (tertiary/aromatic N) is 1. The van der Waals surface area contributed by atoms with Crippen LogP contribution in [0.15, 0.2) is 24.3 Å². The molecule has 2 rings (SSSR count). The monoisotopic (exact) mass is 245 g/mol. The fourth-order valence-electron chi connectivity index (χ4n) is 1.59. The summed E-state index contributed by atoms with van der Waals surface area (Å²) in [6.07, 6.45) is -4.38. The average molecular weight is 246 g/mol. The summed E-state index contributed by atoms with van der Waals surface area (Å²) in [7, 11) is 0. The van der Waals surface area contributed by atoms with Crippen molar-refractivity contribution in [1.82, 2.24) is 4.98 Å². The van der Waals surface area contributed by atoms with Crippen LogP contribution in [0, 0.1) is 6.92 Å². The molecular weight excluding hydrogens is 239 g/mol. The summed E-state index contributed by atoms with van der Waals surface area (Å²) in [5.74, 6) is 0. The maximum absolute atomic E-state index is 12.7. The topological polar surface area (TPSA) is 12.9 Å². The van der Waals surface area contributed by atoms with Gasteiger partial charge in [0.15, 0.2) is 0 Å². The lowest BCUT2D eigenvalue weighted by Gasteiger charge is -2.11. The summed E-state index contributed by atoms with van der Waals surface area (Å²) < 4.78 is 38.2. The minimum absolute atomic E-state index is 0.0718. The first-order valence-corrected chi connectivity index (χ1v) is 4.90. The molecule has 0 amide bonds. The minimum atomic E-state index is -4.38. The fraction of sp³-hybridized carbons (Fsp3) is 0.182. The van der Waals surface area contributed by atoms with E-state index in [0.29, 0.717) is 5.56 Å². The largest absolute Gasteiger partial charge is 0.417 e. The van der Waals surface area contributed by atoms with Crippen LogP contribution in [0.5, 0.6) is 0 Å². The van der Waals surface area contributed by atoms with Gasteiger partial charge in [0, 0.05) is 5.39 Å². The van der Waals surface area contributed by atoms with Gasteiger partial charge in [0.2, 0.25) is 0 Å². The van der Waals surface area contributed by atoms with Gasteiger partial charge in [-0.3, -0.25) is 0 Å². The molecule has 0 aliphatic rings. The van der Waals surface area contributed by atoms with Crippen molar-refractivity contribution in [1.29, 1.82) is 0 Å². The van der Waals surface area contributed by atoms with E-state index in [0.717, 1.165) is 6.07 Å². The Bertz CT molecular complexity index is 543. The lowest BCUT2D eigenvalue weighted by molar-refractivity contribution is -0.136. The van der Waals surface area contributed by atoms with Crippen molar-refractivity contribution in [2.75, 3.05) is 0 Å². The molecule has 0 radical (unpaired) electrons. The summed E-state index contributed by atoms with van der Waals surface area (Å²) in [6.45, 7) is 1.59. The van der Waals surface area contributed by atoms with Crippen molar-refractivity contribution < 1.29 is 13.2 Å². The van der Waals surface area contributed by atoms with Gasteiger partial charge in [0.05, 0.1) is 11.1 Å². The second kappa shape index (κ2) is 3.63. The maximum Gasteiger partial charge on any atom is 0.417 e. The maximum atomic E-state index is 12.7. The van der Waals surface area contributed by atoms with Crippen molar-refractivity contribution in [3.05, 3.63) is 40.5 Å². The minimum Gasteiger partial charge on any atom is -0.236 e.